The number of nitrogens with one attached hydrogen (secondary N) is 1. The number of nitrogens with zero attached hydrogens (tertiary/aromatic N) is 5. The Morgan fingerprint density at radius 3 is 2.86 bits per heavy atom. The highest BCUT2D eigenvalue weighted by Crippen LogP contribution is 2.22. The smallest absolute Gasteiger partial charge is 0.270 e. The summed E-state index contributed by atoms with van der Waals surface area (Å²) in [6.45, 7) is 3.91. The van der Waals surface area contributed by atoms with E-state index >= 15 is 0 Å². The van der Waals surface area contributed by atoms with Gasteiger partial charge in [0.05, 0.1) is 16.9 Å². The van der Waals surface area contributed by atoms with Crippen molar-refractivity contribution in [3.8, 4) is 0 Å². The van der Waals surface area contributed by atoms with Crippen LogP contribution in [-0.2, 0) is 4.79 Å². The van der Waals surface area contributed by atoms with Crippen LogP contribution in [0.25, 0.3) is 0 Å². The van der Waals surface area contributed by atoms with Gasteiger partial charge in [-0.2, -0.15) is 5.10 Å². The number of anilines is 1. The van der Waals surface area contributed by atoms with Crippen LogP contribution in [0, 0.1) is 17.0 Å². The van der Waals surface area contributed by atoms with E-state index in [4.69, 9.17) is 0 Å². The standard InChI is InChI=1S/C19H22N6O3S/c1-14-10-17(24-8-3-2-4-9-24)22-19(21-14)29-13-18(26)23-20-12-15-6-5-7-16(11-15)25(27)28/h5-7,10-12H,2-4,8-9,13H2,1H3,(H,23,26). The number of hydrazone groups is 1. The summed E-state index contributed by atoms with van der Waals surface area (Å²) >= 11 is 1.25. The summed E-state index contributed by atoms with van der Waals surface area (Å²) in [6, 6.07) is 7.98. The van der Waals surface area contributed by atoms with Crippen LogP contribution in [0.15, 0.2) is 40.6 Å². The fourth-order valence-electron chi connectivity index (χ4n) is 2.93. The number of amides is 1. The molecular formula is C19H22N6O3S. The number of benzene rings is 1. The van der Waals surface area contributed by atoms with E-state index in [2.05, 4.69) is 25.4 Å². The van der Waals surface area contributed by atoms with E-state index in [0.717, 1.165) is 37.4 Å². The molecule has 0 saturated carbocycles. The Bertz CT molecular complexity index is 915. The van der Waals surface area contributed by atoms with Crippen molar-refractivity contribution < 1.29 is 9.72 Å². The second kappa shape index (κ2) is 9.97. The Balaban J connectivity index is 1.53. The van der Waals surface area contributed by atoms with Gasteiger partial charge in [0.15, 0.2) is 5.16 Å². The first kappa shape index (κ1) is 20.7. The van der Waals surface area contributed by atoms with Gasteiger partial charge in [0.1, 0.15) is 5.82 Å². The van der Waals surface area contributed by atoms with Crippen molar-refractivity contribution in [3.63, 3.8) is 0 Å². The molecule has 0 aliphatic carbocycles. The Kier molecular flexibility index (Phi) is 7.12. The molecule has 1 fully saturated rings. The Labute approximate surface area is 172 Å². The van der Waals surface area contributed by atoms with E-state index in [1.165, 1.54) is 36.5 Å². The van der Waals surface area contributed by atoms with Gasteiger partial charge in [-0.05, 0) is 26.2 Å². The first-order chi connectivity index (χ1) is 14.0. The van der Waals surface area contributed by atoms with Crippen molar-refractivity contribution in [2.45, 2.75) is 31.3 Å². The van der Waals surface area contributed by atoms with Crippen LogP contribution >= 0.6 is 11.8 Å². The fourth-order valence-corrected chi connectivity index (χ4v) is 3.63. The molecule has 152 valence electrons. The molecule has 3 rings (SSSR count). The SMILES string of the molecule is Cc1cc(N2CCCCC2)nc(SCC(=O)NN=Cc2cccc([N+](=O)[O-])c2)n1. The summed E-state index contributed by atoms with van der Waals surface area (Å²) in [5.41, 5.74) is 3.78. The largest absolute Gasteiger partial charge is 0.356 e. The maximum Gasteiger partial charge on any atom is 0.270 e. The molecule has 29 heavy (non-hydrogen) atoms. The second-order valence-corrected chi connectivity index (χ2v) is 7.57. The Morgan fingerprint density at radius 2 is 2.10 bits per heavy atom. The van der Waals surface area contributed by atoms with Crippen LogP contribution in [-0.4, -0.2) is 45.9 Å². The number of hydrogen-bond acceptors (Lipinski definition) is 8. The van der Waals surface area contributed by atoms with Crippen molar-refractivity contribution in [3.05, 3.63) is 51.7 Å². The van der Waals surface area contributed by atoms with E-state index in [1.807, 2.05) is 13.0 Å². The first-order valence-corrected chi connectivity index (χ1v) is 10.3. The average molecular weight is 414 g/mol. The van der Waals surface area contributed by atoms with Gasteiger partial charge in [0.2, 0.25) is 0 Å². The van der Waals surface area contributed by atoms with E-state index in [-0.39, 0.29) is 17.3 Å². The van der Waals surface area contributed by atoms with Gasteiger partial charge in [-0.25, -0.2) is 15.4 Å². The summed E-state index contributed by atoms with van der Waals surface area (Å²) in [6.07, 6.45) is 4.94. The fraction of sp³-hybridized carbons (Fsp3) is 0.368. The normalized spacial score (nSPS) is 14.2. The number of carbonyl (C=O) groups is 1. The van der Waals surface area contributed by atoms with Gasteiger partial charge >= 0.3 is 0 Å². The summed E-state index contributed by atoms with van der Waals surface area (Å²) in [7, 11) is 0. The maximum atomic E-state index is 12.0. The van der Waals surface area contributed by atoms with E-state index < -0.39 is 4.92 Å². The van der Waals surface area contributed by atoms with Crippen LogP contribution in [0.2, 0.25) is 0 Å². The molecule has 1 saturated heterocycles. The molecule has 1 aliphatic rings. The van der Waals surface area contributed by atoms with Crippen molar-refractivity contribution in [2.75, 3.05) is 23.7 Å². The van der Waals surface area contributed by atoms with E-state index in [0.29, 0.717) is 10.7 Å². The first-order valence-electron chi connectivity index (χ1n) is 9.31. The number of carbonyl (C=O) groups excluding carboxylic acids is 1. The molecule has 1 aromatic carbocycles. The van der Waals surface area contributed by atoms with Gasteiger partial charge in [-0.15, -0.1) is 0 Å². The third kappa shape index (κ3) is 6.24. The molecular weight excluding hydrogens is 392 g/mol. The molecule has 1 aliphatic heterocycles. The quantitative estimate of drug-likeness (QED) is 0.244. The van der Waals surface area contributed by atoms with Gasteiger partial charge in [0, 0.05) is 42.5 Å². The third-order valence-electron chi connectivity index (χ3n) is 4.32. The molecule has 10 heteroatoms. The van der Waals surface area contributed by atoms with Crippen LogP contribution in [0.5, 0.6) is 0 Å². The van der Waals surface area contributed by atoms with E-state index in [1.54, 1.807) is 12.1 Å². The highest BCUT2D eigenvalue weighted by atomic mass is 32.2. The van der Waals surface area contributed by atoms with Crippen LogP contribution in [0.4, 0.5) is 11.5 Å². The number of aryl methyl sites for hydroxylation is 1. The highest BCUT2D eigenvalue weighted by molar-refractivity contribution is 7.99. The molecule has 0 radical (unpaired) electrons. The number of piperidine rings is 1. The molecule has 2 heterocycles. The zero-order valence-corrected chi connectivity index (χ0v) is 16.9. The Morgan fingerprint density at radius 1 is 1.31 bits per heavy atom. The molecule has 1 amide bonds. The van der Waals surface area contributed by atoms with Crippen molar-refractivity contribution in [1.82, 2.24) is 15.4 Å². The summed E-state index contributed by atoms with van der Waals surface area (Å²) < 4.78 is 0. The lowest BCUT2D eigenvalue weighted by atomic mass is 10.1. The van der Waals surface area contributed by atoms with Gasteiger partial charge < -0.3 is 4.90 Å². The summed E-state index contributed by atoms with van der Waals surface area (Å²) in [4.78, 5) is 33.6. The molecule has 9 nitrogen and oxygen atoms in total. The number of thioether (sulfide) groups is 1. The number of rotatable bonds is 7. The molecule has 0 unspecified atom stereocenters. The van der Waals surface area contributed by atoms with Crippen molar-refractivity contribution in [2.24, 2.45) is 5.10 Å². The zero-order valence-electron chi connectivity index (χ0n) is 16.1. The lowest BCUT2D eigenvalue weighted by molar-refractivity contribution is -0.384. The Hall–Kier alpha value is -3.01. The summed E-state index contributed by atoms with van der Waals surface area (Å²) in [5, 5.41) is 15.2. The zero-order chi connectivity index (χ0) is 20.6. The minimum Gasteiger partial charge on any atom is -0.356 e. The molecule has 0 atom stereocenters. The lowest BCUT2D eigenvalue weighted by Crippen LogP contribution is -2.30. The third-order valence-corrected chi connectivity index (χ3v) is 5.16. The van der Waals surface area contributed by atoms with Gasteiger partial charge in [0.25, 0.3) is 11.6 Å². The minimum absolute atomic E-state index is 0.0306. The van der Waals surface area contributed by atoms with Crippen LogP contribution < -0.4 is 10.3 Å². The topological polar surface area (TPSA) is 114 Å². The average Bonchev–Trinajstić information content (AvgIpc) is 2.73. The number of nitro benzene ring substituents is 1. The highest BCUT2D eigenvalue weighted by Gasteiger charge is 2.14. The second-order valence-electron chi connectivity index (χ2n) is 6.63. The van der Waals surface area contributed by atoms with E-state index in [9.17, 15) is 14.9 Å². The van der Waals surface area contributed by atoms with Crippen molar-refractivity contribution >= 4 is 35.4 Å². The maximum absolute atomic E-state index is 12.0. The van der Waals surface area contributed by atoms with Crippen LogP contribution in [0.1, 0.15) is 30.5 Å². The molecule has 0 bridgehead atoms. The minimum atomic E-state index is -0.480. The molecule has 1 aromatic heterocycles. The molecule has 2 aromatic rings. The summed E-state index contributed by atoms with van der Waals surface area (Å²) in [5.74, 6) is 0.722. The number of non-ortho nitro benzene ring substituents is 1. The van der Waals surface area contributed by atoms with Crippen molar-refractivity contribution in [1.29, 1.82) is 0 Å². The van der Waals surface area contributed by atoms with Gasteiger partial charge in [-0.3, -0.25) is 14.9 Å². The van der Waals surface area contributed by atoms with Gasteiger partial charge in [-0.1, -0.05) is 23.9 Å². The molecule has 0 spiro atoms. The molecule has 1 N–H and O–H groups in total. The number of aromatic nitrogens is 2. The lowest BCUT2D eigenvalue weighted by Gasteiger charge is -2.28. The van der Waals surface area contributed by atoms with Crippen LogP contribution in [0.3, 0.4) is 0 Å². The number of hydrogen-bond donors (Lipinski definition) is 1. The predicted octanol–water partition coefficient (Wildman–Crippen LogP) is 2.93. The number of nitro groups is 1. The predicted molar refractivity (Wildman–Crippen MR) is 112 cm³/mol. The monoisotopic (exact) mass is 414 g/mol.